The topological polar surface area (TPSA) is 78.6 Å². The first-order valence-corrected chi connectivity index (χ1v) is 7.36. The van der Waals surface area contributed by atoms with Gasteiger partial charge in [-0.1, -0.05) is 6.92 Å². The Kier molecular flexibility index (Phi) is 8.83. The second-order valence-electron chi connectivity index (χ2n) is 3.74. The van der Waals surface area contributed by atoms with Gasteiger partial charge in [0, 0.05) is 26.4 Å². The molecule has 0 aliphatic carbocycles. The van der Waals surface area contributed by atoms with Crippen LogP contribution in [-0.2, 0) is 19.3 Å². The maximum absolute atomic E-state index is 11.5. The summed E-state index contributed by atoms with van der Waals surface area (Å²) in [5.74, 6) is 0.0958. The van der Waals surface area contributed by atoms with Crippen LogP contribution in [0, 0.1) is 0 Å². The summed E-state index contributed by atoms with van der Waals surface area (Å²) < 4.78 is 33.0. The first kappa shape index (κ1) is 15.8. The molecule has 0 heterocycles. The Morgan fingerprint density at radius 3 is 2.50 bits per heavy atom. The van der Waals surface area contributed by atoms with E-state index in [0.29, 0.717) is 19.6 Å². The number of ether oxygens (including phenoxy) is 2. The molecule has 0 aromatic rings. The molecule has 0 saturated carbocycles. The molecule has 98 valence electrons. The largest absolute Gasteiger partial charge is 0.385 e. The number of hydrogen-bond donors (Lipinski definition) is 1. The second kappa shape index (κ2) is 8.92. The van der Waals surface area contributed by atoms with Crippen molar-refractivity contribution < 1.29 is 17.9 Å². The average molecular weight is 253 g/mol. The van der Waals surface area contributed by atoms with Crippen LogP contribution < -0.4 is 5.73 Å². The minimum atomic E-state index is -3.07. The van der Waals surface area contributed by atoms with E-state index in [2.05, 4.69) is 0 Å². The predicted molar refractivity (Wildman–Crippen MR) is 64.2 cm³/mol. The van der Waals surface area contributed by atoms with E-state index in [1.807, 2.05) is 6.92 Å². The highest BCUT2D eigenvalue weighted by Crippen LogP contribution is 1.97. The van der Waals surface area contributed by atoms with Gasteiger partial charge in [-0.25, -0.2) is 8.42 Å². The van der Waals surface area contributed by atoms with Crippen LogP contribution in [0.1, 0.15) is 19.8 Å². The molecular weight excluding hydrogens is 230 g/mol. The van der Waals surface area contributed by atoms with Crippen LogP contribution in [0.5, 0.6) is 0 Å². The fraction of sp³-hybridized carbons (Fsp3) is 1.00. The van der Waals surface area contributed by atoms with E-state index in [1.54, 1.807) is 7.11 Å². The molecule has 16 heavy (non-hydrogen) atoms. The van der Waals surface area contributed by atoms with Crippen molar-refractivity contribution in [2.45, 2.75) is 25.8 Å². The normalized spacial score (nSPS) is 13.9. The van der Waals surface area contributed by atoms with E-state index in [-0.39, 0.29) is 24.2 Å². The number of methoxy groups -OCH3 is 1. The van der Waals surface area contributed by atoms with Crippen molar-refractivity contribution in [2.24, 2.45) is 5.73 Å². The van der Waals surface area contributed by atoms with E-state index in [0.717, 1.165) is 6.42 Å². The first-order chi connectivity index (χ1) is 7.52. The van der Waals surface area contributed by atoms with Gasteiger partial charge in [0.1, 0.15) is 0 Å². The highest BCUT2D eigenvalue weighted by Gasteiger charge is 2.14. The summed E-state index contributed by atoms with van der Waals surface area (Å²) in [5, 5.41) is 0. The van der Waals surface area contributed by atoms with Crippen molar-refractivity contribution in [1.82, 2.24) is 0 Å². The van der Waals surface area contributed by atoms with Gasteiger partial charge in [0.05, 0.1) is 18.1 Å². The average Bonchev–Trinajstić information content (AvgIpc) is 2.22. The summed E-state index contributed by atoms with van der Waals surface area (Å²) >= 11 is 0. The van der Waals surface area contributed by atoms with Crippen LogP contribution in [0.25, 0.3) is 0 Å². The van der Waals surface area contributed by atoms with E-state index < -0.39 is 9.84 Å². The smallest absolute Gasteiger partial charge is 0.154 e. The maximum Gasteiger partial charge on any atom is 0.154 e. The zero-order chi connectivity index (χ0) is 12.4. The Bertz CT molecular complexity index is 254. The number of rotatable bonds is 10. The lowest BCUT2D eigenvalue weighted by Gasteiger charge is -2.09. The summed E-state index contributed by atoms with van der Waals surface area (Å²) in [6.07, 6.45) is 1.46. The maximum atomic E-state index is 11.5. The standard InChI is InChI=1S/C10H23NO4S/c1-3-10(11)9-16(12,13)8-7-15-6-4-5-14-2/h10H,3-9,11H2,1-2H3. The second-order valence-corrected chi connectivity index (χ2v) is 5.97. The fourth-order valence-electron chi connectivity index (χ4n) is 1.12. The molecule has 0 amide bonds. The van der Waals surface area contributed by atoms with Gasteiger partial charge in [-0.3, -0.25) is 0 Å². The molecule has 0 aromatic carbocycles. The molecule has 0 saturated heterocycles. The Labute approximate surface area is 98.2 Å². The molecule has 1 atom stereocenters. The summed E-state index contributed by atoms with van der Waals surface area (Å²) in [6.45, 7) is 3.28. The zero-order valence-corrected chi connectivity index (χ0v) is 11.0. The lowest BCUT2D eigenvalue weighted by atomic mass is 10.3. The molecule has 0 aromatic heterocycles. The third kappa shape index (κ3) is 9.08. The van der Waals surface area contributed by atoms with Crippen molar-refractivity contribution in [1.29, 1.82) is 0 Å². The molecule has 0 spiro atoms. The van der Waals surface area contributed by atoms with Crippen LogP contribution >= 0.6 is 0 Å². The van der Waals surface area contributed by atoms with Gasteiger partial charge in [-0.15, -0.1) is 0 Å². The van der Waals surface area contributed by atoms with Crippen LogP contribution in [-0.4, -0.2) is 52.9 Å². The molecule has 2 N–H and O–H groups in total. The van der Waals surface area contributed by atoms with E-state index >= 15 is 0 Å². The van der Waals surface area contributed by atoms with Crippen LogP contribution in [0.3, 0.4) is 0 Å². The molecule has 0 fully saturated rings. The molecule has 1 unspecified atom stereocenters. The van der Waals surface area contributed by atoms with Gasteiger partial charge in [0.2, 0.25) is 0 Å². The Morgan fingerprint density at radius 2 is 1.94 bits per heavy atom. The molecular formula is C10H23NO4S. The Morgan fingerprint density at radius 1 is 1.25 bits per heavy atom. The minimum absolute atomic E-state index is 0.0466. The molecule has 0 aliphatic rings. The highest BCUT2D eigenvalue weighted by atomic mass is 32.2. The first-order valence-electron chi connectivity index (χ1n) is 5.54. The lowest BCUT2D eigenvalue weighted by molar-refractivity contribution is 0.112. The Balaban J connectivity index is 3.59. The monoisotopic (exact) mass is 253 g/mol. The van der Waals surface area contributed by atoms with Gasteiger partial charge in [0.15, 0.2) is 9.84 Å². The molecule has 0 radical (unpaired) electrons. The quantitative estimate of drug-likeness (QED) is 0.562. The number of hydrogen-bond acceptors (Lipinski definition) is 5. The molecule has 6 heteroatoms. The highest BCUT2D eigenvalue weighted by molar-refractivity contribution is 7.91. The van der Waals surface area contributed by atoms with Crippen molar-refractivity contribution >= 4 is 9.84 Å². The molecule has 5 nitrogen and oxygen atoms in total. The molecule has 0 bridgehead atoms. The third-order valence-corrected chi connectivity index (χ3v) is 3.89. The van der Waals surface area contributed by atoms with Crippen LogP contribution in [0.15, 0.2) is 0 Å². The minimum Gasteiger partial charge on any atom is -0.385 e. The van der Waals surface area contributed by atoms with Gasteiger partial charge in [-0.2, -0.15) is 0 Å². The molecule has 0 aliphatic heterocycles. The summed E-state index contributed by atoms with van der Waals surface area (Å²) in [7, 11) is -1.45. The number of nitrogens with two attached hydrogens (primary N) is 1. The summed E-state index contributed by atoms with van der Waals surface area (Å²) in [5.41, 5.74) is 5.59. The van der Waals surface area contributed by atoms with Gasteiger partial charge < -0.3 is 15.2 Å². The zero-order valence-electron chi connectivity index (χ0n) is 10.1. The predicted octanol–water partition coefficient (Wildman–Crippen LogP) is 0.192. The van der Waals surface area contributed by atoms with Crippen molar-refractivity contribution in [3.8, 4) is 0 Å². The van der Waals surface area contributed by atoms with E-state index in [4.69, 9.17) is 15.2 Å². The van der Waals surface area contributed by atoms with Gasteiger partial charge in [-0.05, 0) is 12.8 Å². The summed E-state index contributed by atoms with van der Waals surface area (Å²) in [4.78, 5) is 0. The van der Waals surface area contributed by atoms with Gasteiger partial charge >= 0.3 is 0 Å². The van der Waals surface area contributed by atoms with Crippen molar-refractivity contribution in [2.75, 3.05) is 38.4 Å². The van der Waals surface area contributed by atoms with Crippen LogP contribution in [0.2, 0.25) is 0 Å². The summed E-state index contributed by atoms with van der Waals surface area (Å²) in [6, 6.07) is -0.265. The lowest BCUT2D eigenvalue weighted by Crippen LogP contribution is -2.31. The SMILES string of the molecule is CCC(N)CS(=O)(=O)CCOCCCOC. The molecule has 0 rings (SSSR count). The third-order valence-electron chi connectivity index (χ3n) is 2.17. The van der Waals surface area contributed by atoms with Crippen LogP contribution in [0.4, 0.5) is 0 Å². The Hall–Kier alpha value is -0.170. The van der Waals surface area contributed by atoms with Crippen molar-refractivity contribution in [3.05, 3.63) is 0 Å². The van der Waals surface area contributed by atoms with Gasteiger partial charge in [0.25, 0.3) is 0 Å². The van der Waals surface area contributed by atoms with E-state index in [9.17, 15) is 8.42 Å². The van der Waals surface area contributed by atoms with E-state index in [1.165, 1.54) is 0 Å². The number of sulfone groups is 1. The fourth-order valence-corrected chi connectivity index (χ4v) is 2.55. The van der Waals surface area contributed by atoms with Crippen molar-refractivity contribution in [3.63, 3.8) is 0 Å².